The number of carbonyl (C=O) groups is 4. The minimum absolute atomic E-state index is 0.00148. The number of pyridine rings is 10. The predicted octanol–water partition coefficient (Wildman–Crippen LogP) is 21.5. The molecule has 20 aromatic heterocycles. The topological polar surface area (TPSA) is 526 Å². The van der Waals surface area contributed by atoms with Crippen molar-refractivity contribution in [3.8, 4) is 135 Å². The van der Waals surface area contributed by atoms with Crippen molar-refractivity contribution in [3.63, 3.8) is 0 Å². The number of imidazole rings is 4. The standard InChI is InChI=1S/C31H22N8O.C28H24N8O.C27H23N9O.C26H21N9O/c40-28(11-19-5-2-1-3-6-19)35-23-12-22(15-33-16-23)20-8-9-26-24(13-20)30(39-38-26)31-36-27-18-34-17-25(29(27)37-31)21-7-4-10-32-14-21;1-2-3-6-25(37)32-20-10-19(13-30-14-20)17-7-8-23-21(11-17)27(36-35-23)28-33-24-16-31-15-22(26(24)34-28)18-5-4-9-29-12-18;1-2-3-6-23(37)33-27-30-11-9-20(32-27)16-7-8-21-18(12-16)25(36-35-21)26-31-22-15-29-14-19(24(22)34-26)17-5-4-10-28-13-17;1-2-4-22(36)32-26-29-10-8-19(31-26)15-6-7-20-17(11-15)24(35-34-20)25-30-21-14-28-13-18(23(21)33-25)16-5-3-9-27-12-16/h1-10,12-18H,11H2,(H,35,40)(H,36,37)(H,38,39);4-5,7-16H,2-3,6H2,1H3,(H,32,37)(H,33,34)(H,35,36);4-5,7-15H,2-3,6H2,1H3,(H,31,34)(H,35,36)(H,30,32,33,37);3,5-14H,2,4H2,1H3,(H,30,33)(H,34,35)(H,29,31,32,36). The van der Waals surface area contributed by atoms with Crippen molar-refractivity contribution < 1.29 is 19.2 Å². The lowest BCUT2D eigenvalue weighted by molar-refractivity contribution is -0.117. The summed E-state index contributed by atoms with van der Waals surface area (Å²) in [6.45, 7) is 6.07. The fourth-order valence-electron chi connectivity index (χ4n) is 17.5. The Kier molecular flexibility index (Phi) is 27.0. The molecule has 0 saturated carbocycles. The van der Waals surface area contributed by atoms with Gasteiger partial charge in [-0.1, -0.05) is 112 Å². The van der Waals surface area contributed by atoms with E-state index in [1.54, 1.807) is 136 Å². The van der Waals surface area contributed by atoms with Gasteiger partial charge in [-0.3, -0.25) is 100 Å². The third-order valence-corrected chi connectivity index (χ3v) is 24.9. The second-order valence-electron chi connectivity index (χ2n) is 35.2. The van der Waals surface area contributed by atoms with Gasteiger partial charge in [-0.25, -0.2) is 39.9 Å². The molecule has 38 nitrogen and oxygen atoms in total. The van der Waals surface area contributed by atoms with E-state index in [-0.39, 0.29) is 29.6 Å². The number of H-pyrrole nitrogens is 8. The van der Waals surface area contributed by atoms with Crippen molar-refractivity contribution in [1.82, 2.24) is 150 Å². The fourth-order valence-corrected chi connectivity index (χ4v) is 17.5. The molecule has 5 aromatic carbocycles. The Balaban J connectivity index is 0.000000113. The van der Waals surface area contributed by atoms with Gasteiger partial charge in [0, 0.05) is 207 Å². The summed E-state index contributed by atoms with van der Waals surface area (Å²) in [4.78, 5) is 142. The van der Waals surface area contributed by atoms with Crippen LogP contribution in [0.25, 0.3) is 223 Å². The molecule has 0 radical (unpaired) electrons. The minimum atomic E-state index is -0.104. The van der Waals surface area contributed by atoms with E-state index >= 15 is 0 Å². The molecular weight excluding hydrogens is 1890 g/mol. The molecular formula is C112H90N34O4. The summed E-state index contributed by atoms with van der Waals surface area (Å²) in [6, 6.07) is 56.5. The van der Waals surface area contributed by atoms with Crippen LogP contribution in [0.5, 0.6) is 0 Å². The van der Waals surface area contributed by atoms with Crippen LogP contribution >= 0.6 is 0 Å². The number of hydrogen-bond acceptors (Lipinski definition) is 26. The van der Waals surface area contributed by atoms with Crippen molar-refractivity contribution >= 4 is 135 Å². The van der Waals surface area contributed by atoms with Gasteiger partial charge in [0.15, 0.2) is 23.3 Å². The first kappa shape index (κ1) is 94.3. The molecule has 38 heteroatoms. The predicted molar refractivity (Wildman–Crippen MR) is 576 cm³/mol. The van der Waals surface area contributed by atoms with Crippen molar-refractivity contribution in [2.75, 3.05) is 21.3 Å². The zero-order valence-corrected chi connectivity index (χ0v) is 80.8. The molecule has 0 atom stereocenters. The highest BCUT2D eigenvalue weighted by atomic mass is 16.2. The van der Waals surface area contributed by atoms with E-state index in [0.717, 1.165) is 203 Å². The third-order valence-electron chi connectivity index (χ3n) is 24.9. The van der Waals surface area contributed by atoms with Gasteiger partial charge in [0.05, 0.1) is 110 Å². The van der Waals surface area contributed by atoms with E-state index in [1.807, 2.05) is 184 Å². The van der Waals surface area contributed by atoms with Crippen LogP contribution in [0.4, 0.5) is 23.3 Å². The second-order valence-corrected chi connectivity index (χ2v) is 35.2. The number of hydrogen-bond donors (Lipinski definition) is 12. The van der Waals surface area contributed by atoms with Gasteiger partial charge in [-0.15, -0.1) is 0 Å². The molecule has 0 aliphatic rings. The van der Waals surface area contributed by atoms with E-state index in [2.05, 4.69) is 165 Å². The molecule has 25 aromatic rings. The van der Waals surface area contributed by atoms with E-state index in [1.165, 1.54) is 0 Å². The number of rotatable bonds is 26. The first-order valence-electron chi connectivity index (χ1n) is 48.5. The molecule has 0 spiro atoms. The Morgan fingerprint density at radius 3 is 0.933 bits per heavy atom. The molecule has 0 unspecified atom stereocenters. The Morgan fingerprint density at radius 2 is 0.587 bits per heavy atom. The van der Waals surface area contributed by atoms with Crippen LogP contribution in [-0.2, 0) is 25.6 Å². The highest BCUT2D eigenvalue weighted by Crippen LogP contribution is 2.40. The number of nitrogens with zero attached hydrogens (tertiary/aromatic N) is 22. The van der Waals surface area contributed by atoms with Crippen LogP contribution in [0.15, 0.2) is 312 Å². The molecule has 0 saturated heterocycles. The van der Waals surface area contributed by atoms with Gasteiger partial charge in [0.1, 0.15) is 44.8 Å². The van der Waals surface area contributed by atoms with Crippen LogP contribution < -0.4 is 21.3 Å². The van der Waals surface area contributed by atoms with Crippen molar-refractivity contribution in [3.05, 3.63) is 318 Å². The van der Waals surface area contributed by atoms with Gasteiger partial charge in [-0.05, 0) is 133 Å². The number of anilines is 4. The summed E-state index contributed by atoms with van der Waals surface area (Å²) in [7, 11) is 0. The lowest BCUT2D eigenvalue weighted by Crippen LogP contribution is -2.14. The molecule has 0 bridgehead atoms. The smallest absolute Gasteiger partial charge is 0.229 e. The lowest BCUT2D eigenvalue weighted by atomic mass is 10.0. The summed E-state index contributed by atoms with van der Waals surface area (Å²) in [5.41, 5.74) is 29.1. The maximum absolute atomic E-state index is 12.6. The highest BCUT2D eigenvalue weighted by Gasteiger charge is 2.25. The van der Waals surface area contributed by atoms with Crippen molar-refractivity contribution in [2.45, 2.75) is 78.6 Å². The number of fused-ring (bicyclic) bond motifs is 8. The summed E-state index contributed by atoms with van der Waals surface area (Å²) < 4.78 is 0. The molecule has 0 aliphatic carbocycles. The van der Waals surface area contributed by atoms with Crippen LogP contribution in [0.2, 0.25) is 0 Å². The first-order chi connectivity index (χ1) is 73.8. The van der Waals surface area contributed by atoms with Crippen molar-refractivity contribution in [1.29, 1.82) is 0 Å². The summed E-state index contributed by atoms with van der Waals surface area (Å²) >= 11 is 0. The number of nitrogens with one attached hydrogen (secondary N) is 12. The Labute approximate surface area is 852 Å². The average molecular weight is 1980 g/mol. The Bertz CT molecular complexity index is 8990. The fraction of sp³-hybridized carbons (Fsp3) is 0.107. The summed E-state index contributed by atoms with van der Waals surface area (Å²) in [5, 5.41) is 45.6. The average Bonchev–Trinajstić information content (AvgIpc) is 1.63. The first-order valence-corrected chi connectivity index (χ1v) is 48.5. The van der Waals surface area contributed by atoms with Crippen LogP contribution in [0.1, 0.15) is 77.7 Å². The lowest BCUT2D eigenvalue weighted by Gasteiger charge is -2.08. The monoisotopic (exact) mass is 1970 g/mol. The summed E-state index contributed by atoms with van der Waals surface area (Å²) in [6.07, 6.45) is 44.5. The Morgan fingerprint density at radius 1 is 0.260 bits per heavy atom. The zero-order valence-electron chi connectivity index (χ0n) is 80.8. The molecule has 150 heavy (non-hydrogen) atoms. The maximum atomic E-state index is 12.6. The number of benzene rings is 5. The van der Waals surface area contributed by atoms with Crippen LogP contribution in [0.3, 0.4) is 0 Å². The number of aromatic amines is 8. The summed E-state index contributed by atoms with van der Waals surface area (Å²) in [5.74, 6) is 2.82. The number of carbonyl (C=O) groups excluding carboxylic acids is 4. The van der Waals surface area contributed by atoms with Crippen LogP contribution in [0, 0.1) is 0 Å². The third kappa shape index (κ3) is 20.6. The van der Waals surface area contributed by atoms with Crippen LogP contribution in [-0.4, -0.2) is 174 Å². The minimum Gasteiger partial charge on any atom is -0.335 e. The van der Waals surface area contributed by atoms with Gasteiger partial charge < -0.3 is 30.6 Å². The molecule has 12 N–H and O–H groups in total. The van der Waals surface area contributed by atoms with E-state index < -0.39 is 0 Å². The number of amides is 4. The van der Waals surface area contributed by atoms with Gasteiger partial charge in [0.25, 0.3) is 0 Å². The van der Waals surface area contributed by atoms with Gasteiger partial charge >= 0.3 is 0 Å². The van der Waals surface area contributed by atoms with E-state index in [9.17, 15) is 19.2 Å². The Hall–Kier alpha value is -20.6. The quantitative estimate of drug-likeness (QED) is 0.0239. The number of unbranched alkanes of at least 4 members (excludes halogenated alkanes) is 2. The van der Waals surface area contributed by atoms with E-state index in [4.69, 9.17) is 19.9 Å². The largest absolute Gasteiger partial charge is 0.335 e. The highest BCUT2D eigenvalue weighted by molar-refractivity contribution is 6.05. The molecule has 25 rings (SSSR count). The number of aromatic nitrogens is 30. The molecule has 0 aliphatic heterocycles. The zero-order chi connectivity index (χ0) is 102. The normalized spacial score (nSPS) is 11.2. The molecule has 0 fully saturated rings. The van der Waals surface area contributed by atoms with E-state index in [0.29, 0.717) is 100 Å². The van der Waals surface area contributed by atoms with Crippen molar-refractivity contribution in [2.24, 2.45) is 0 Å². The molecule has 4 amide bonds. The van der Waals surface area contributed by atoms with Gasteiger partial charge in [0.2, 0.25) is 35.5 Å². The SMILES string of the molecule is CCCC(=O)Nc1nccc(-c2ccc3[nH]nc(-c4nc5c(-c6cccnc6)cncc5[nH]4)c3c2)n1.CCCCC(=O)Nc1cncc(-c2ccc3[nH]nc(-c4nc5c(-c6cccnc6)cncc5[nH]4)c3c2)c1.CCCCC(=O)Nc1nccc(-c2ccc3[nH]nc(-c4nc5c(-c6cccnc6)cncc5[nH]4)c3c2)n1.O=C(Cc1ccccc1)Nc1cncc(-c2ccc3[nH]nc(-c4nc5c(-c6cccnc6)cncc5[nH]4)c3c2)c1. The molecule has 20 heterocycles. The maximum Gasteiger partial charge on any atom is 0.229 e. The second kappa shape index (κ2) is 42.9. The van der Waals surface area contributed by atoms with Gasteiger partial charge in [-0.2, -0.15) is 20.4 Å². The molecule has 732 valence electrons.